The number of aromatic nitrogens is 4. The average Bonchev–Trinajstić information content (AvgIpc) is 3.37. The fraction of sp³-hybridized carbons (Fsp3) is 0.548. The summed E-state index contributed by atoms with van der Waals surface area (Å²) >= 11 is 0.968. The number of likely N-dealkylation sites (tertiary alicyclic amines) is 1. The third kappa shape index (κ3) is 6.79. The molecule has 1 aromatic carbocycles. The number of nitrogens with zero attached hydrogens (tertiary/aromatic N) is 5. The van der Waals surface area contributed by atoms with Gasteiger partial charge in [0.25, 0.3) is 0 Å². The van der Waals surface area contributed by atoms with Crippen molar-refractivity contribution in [3.63, 3.8) is 0 Å². The van der Waals surface area contributed by atoms with Gasteiger partial charge in [-0.25, -0.2) is 18.7 Å². The molecule has 2 aliphatic rings. The summed E-state index contributed by atoms with van der Waals surface area (Å²) in [5.41, 5.74) is -0.861. The first-order valence-corrected chi connectivity index (χ1v) is 15.2. The molecule has 42 heavy (non-hydrogen) atoms. The van der Waals surface area contributed by atoms with E-state index >= 15 is 0 Å². The molecule has 5 rings (SSSR count). The molecule has 0 bridgehead atoms. The number of halogens is 2. The summed E-state index contributed by atoms with van der Waals surface area (Å²) in [6.45, 7) is 8.86. The maximum atomic E-state index is 14.3. The Morgan fingerprint density at radius 1 is 1.12 bits per heavy atom. The van der Waals surface area contributed by atoms with Crippen molar-refractivity contribution in [1.82, 2.24) is 25.1 Å². The van der Waals surface area contributed by atoms with Crippen molar-refractivity contribution in [1.29, 1.82) is 0 Å². The highest BCUT2D eigenvalue weighted by atomic mass is 32.1. The molecule has 3 aromatic rings. The molecule has 11 heteroatoms. The zero-order chi connectivity index (χ0) is 30.3. The van der Waals surface area contributed by atoms with E-state index < -0.39 is 28.1 Å². The highest BCUT2D eigenvalue weighted by Crippen LogP contribution is 2.44. The van der Waals surface area contributed by atoms with Crippen molar-refractivity contribution in [2.75, 3.05) is 13.1 Å². The molecule has 1 saturated heterocycles. The molecule has 224 valence electrons. The van der Waals surface area contributed by atoms with Gasteiger partial charge >= 0.3 is 0 Å². The molecule has 2 fully saturated rings. The number of hydrogen-bond acceptors (Lipinski definition) is 9. The monoisotopic (exact) mass is 597 g/mol. The maximum absolute atomic E-state index is 14.3. The van der Waals surface area contributed by atoms with Crippen LogP contribution in [-0.4, -0.2) is 66.5 Å². The molecule has 1 N–H and O–H groups in total. The number of ketones is 2. The Kier molecular flexibility index (Phi) is 8.39. The zero-order valence-corrected chi connectivity index (χ0v) is 25.3. The van der Waals surface area contributed by atoms with Gasteiger partial charge in [0.1, 0.15) is 23.2 Å². The van der Waals surface area contributed by atoms with Crippen molar-refractivity contribution in [3.05, 3.63) is 58.6 Å². The number of Topliss-reactive ketones (excluding diaryl/α,β-unsaturated/α-hetero) is 2. The predicted molar refractivity (Wildman–Crippen MR) is 155 cm³/mol. The second kappa shape index (κ2) is 11.6. The van der Waals surface area contributed by atoms with Crippen LogP contribution in [0.15, 0.2) is 30.5 Å². The number of carbonyl (C=O) groups is 2. The first-order valence-electron chi connectivity index (χ1n) is 14.3. The summed E-state index contributed by atoms with van der Waals surface area (Å²) in [6.07, 6.45) is 5.45. The first-order chi connectivity index (χ1) is 19.7. The van der Waals surface area contributed by atoms with E-state index in [1.54, 1.807) is 6.20 Å². The van der Waals surface area contributed by atoms with Crippen LogP contribution in [0, 0.1) is 24.0 Å². The molecular weight excluding hydrogens is 560 g/mol. The second-order valence-corrected chi connectivity index (χ2v) is 14.0. The van der Waals surface area contributed by atoms with Gasteiger partial charge in [-0.15, -0.1) is 10.2 Å². The maximum Gasteiger partial charge on any atom is 0.194 e. The molecular formula is C31H37F2N5O3S. The molecule has 0 unspecified atom stereocenters. The lowest BCUT2D eigenvalue weighted by atomic mass is 9.68. The van der Waals surface area contributed by atoms with Gasteiger partial charge in [0, 0.05) is 72.7 Å². The summed E-state index contributed by atoms with van der Waals surface area (Å²) < 4.78 is 27.7. The van der Waals surface area contributed by atoms with E-state index in [2.05, 4.69) is 25.1 Å². The van der Waals surface area contributed by atoms with E-state index in [1.807, 2.05) is 33.8 Å². The van der Waals surface area contributed by atoms with Crippen LogP contribution in [0.1, 0.15) is 87.0 Å². The summed E-state index contributed by atoms with van der Waals surface area (Å²) in [5, 5.41) is 18.8. The highest BCUT2D eigenvalue weighted by Gasteiger charge is 2.49. The van der Waals surface area contributed by atoms with Crippen LogP contribution in [0.5, 0.6) is 0 Å². The van der Waals surface area contributed by atoms with E-state index in [9.17, 15) is 23.5 Å². The topological polar surface area (TPSA) is 109 Å². The average molecular weight is 598 g/mol. The molecule has 0 spiro atoms. The van der Waals surface area contributed by atoms with Crippen LogP contribution < -0.4 is 0 Å². The molecule has 0 radical (unpaired) electrons. The van der Waals surface area contributed by atoms with Crippen LogP contribution in [0.2, 0.25) is 0 Å². The molecule has 3 heterocycles. The minimum Gasteiger partial charge on any atom is -0.390 e. The first kappa shape index (κ1) is 30.4. The van der Waals surface area contributed by atoms with E-state index in [0.29, 0.717) is 25.0 Å². The number of aliphatic hydroxyl groups is 1. The minimum absolute atomic E-state index is 0.0375. The third-order valence-corrected chi connectivity index (χ3v) is 9.60. The molecule has 2 aromatic heterocycles. The van der Waals surface area contributed by atoms with Crippen molar-refractivity contribution in [3.8, 4) is 10.6 Å². The van der Waals surface area contributed by atoms with Crippen molar-refractivity contribution in [2.45, 2.75) is 89.7 Å². The minimum atomic E-state index is -0.770. The largest absolute Gasteiger partial charge is 0.390 e. The van der Waals surface area contributed by atoms with Crippen LogP contribution in [0.25, 0.3) is 10.6 Å². The standard InChI is InChI=1S/C31H37F2N5O3S/c1-19-9-12-34-28(35-19)29(2,3)14-22(39)15-31(17-38(18-31)21-7-10-30(4,41)11-8-21)16-25(40)27-37-36-26(42-27)23-6-5-20(32)13-24(23)33/h5-6,9,12-13,21,41H,7-8,10-11,14-18H2,1-4H3. The van der Waals surface area contributed by atoms with Gasteiger partial charge < -0.3 is 5.11 Å². The molecule has 1 aliphatic carbocycles. The normalized spacial score (nSPS) is 22.5. The summed E-state index contributed by atoms with van der Waals surface area (Å²) in [7, 11) is 0. The Morgan fingerprint density at radius 2 is 1.83 bits per heavy atom. The quantitative estimate of drug-likeness (QED) is 0.306. The van der Waals surface area contributed by atoms with Crippen molar-refractivity contribution < 1.29 is 23.5 Å². The Morgan fingerprint density at radius 3 is 2.50 bits per heavy atom. The van der Waals surface area contributed by atoms with Gasteiger partial charge in [-0.1, -0.05) is 25.2 Å². The number of hydrogen-bond donors (Lipinski definition) is 1. The lowest BCUT2D eigenvalue weighted by Crippen LogP contribution is -2.62. The van der Waals surface area contributed by atoms with Gasteiger partial charge in [-0.3, -0.25) is 14.5 Å². The lowest BCUT2D eigenvalue weighted by Gasteiger charge is -2.54. The third-order valence-electron chi connectivity index (χ3n) is 8.60. The number of rotatable bonds is 10. The number of benzene rings is 1. The van der Waals surface area contributed by atoms with Gasteiger partial charge in [-0.2, -0.15) is 0 Å². The molecule has 1 aliphatic heterocycles. The smallest absolute Gasteiger partial charge is 0.194 e. The van der Waals surface area contributed by atoms with E-state index in [0.717, 1.165) is 54.8 Å². The highest BCUT2D eigenvalue weighted by molar-refractivity contribution is 7.16. The van der Waals surface area contributed by atoms with Crippen LogP contribution in [0.4, 0.5) is 8.78 Å². The van der Waals surface area contributed by atoms with Crippen LogP contribution >= 0.6 is 11.3 Å². The molecule has 0 amide bonds. The second-order valence-electron chi connectivity index (χ2n) is 13.1. The lowest BCUT2D eigenvalue weighted by molar-refractivity contribution is -0.128. The summed E-state index contributed by atoms with van der Waals surface area (Å²) in [6, 6.07) is 5.31. The van der Waals surface area contributed by atoms with Crippen LogP contribution in [0.3, 0.4) is 0 Å². The van der Waals surface area contributed by atoms with Crippen LogP contribution in [-0.2, 0) is 10.2 Å². The Hall–Kier alpha value is -3.02. The fourth-order valence-corrected chi connectivity index (χ4v) is 7.11. The zero-order valence-electron chi connectivity index (χ0n) is 24.5. The summed E-state index contributed by atoms with van der Waals surface area (Å²) in [4.78, 5) is 38.3. The van der Waals surface area contributed by atoms with Gasteiger partial charge in [-0.05, 0) is 57.7 Å². The summed E-state index contributed by atoms with van der Waals surface area (Å²) in [5.74, 6) is -1.07. The Labute approximate surface area is 248 Å². The molecule has 8 nitrogen and oxygen atoms in total. The SMILES string of the molecule is Cc1ccnc(C(C)(C)CC(=O)CC2(CC(=O)c3nnc(-c4ccc(F)cc4F)s3)CN(C3CCC(C)(O)CC3)C2)n1. The number of aryl methyl sites for hydroxylation is 1. The van der Waals surface area contributed by atoms with E-state index in [-0.39, 0.29) is 46.4 Å². The van der Waals surface area contributed by atoms with Crippen molar-refractivity contribution >= 4 is 22.9 Å². The Balaban J connectivity index is 1.31. The van der Waals surface area contributed by atoms with Gasteiger partial charge in [0.2, 0.25) is 0 Å². The predicted octanol–water partition coefficient (Wildman–Crippen LogP) is 5.48. The van der Waals surface area contributed by atoms with Crippen molar-refractivity contribution in [2.24, 2.45) is 5.41 Å². The Bertz CT molecular complexity index is 1470. The number of carbonyl (C=O) groups excluding carboxylic acids is 2. The van der Waals surface area contributed by atoms with Gasteiger partial charge in [0.05, 0.1) is 5.60 Å². The van der Waals surface area contributed by atoms with E-state index in [1.165, 1.54) is 6.07 Å². The fourth-order valence-electron chi connectivity index (χ4n) is 6.30. The molecule has 1 saturated carbocycles. The molecule has 0 atom stereocenters. The van der Waals surface area contributed by atoms with E-state index in [4.69, 9.17) is 0 Å². The van der Waals surface area contributed by atoms with Gasteiger partial charge in [0.15, 0.2) is 15.8 Å².